The van der Waals surface area contributed by atoms with Gasteiger partial charge in [0.05, 0.1) is 35.7 Å². The van der Waals surface area contributed by atoms with Crippen LogP contribution in [0.1, 0.15) is 63.5 Å². The number of hydrogen-bond acceptors (Lipinski definition) is 5. The Balaban J connectivity index is 2.15. The molecule has 0 aliphatic rings. The third kappa shape index (κ3) is 5.96. The molecule has 0 saturated heterocycles. The molecule has 2 aromatic carbocycles. The molecular formula is C28H35N3O4. The molecule has 1 atom stereocenters. The van der Waals surface area contributed by atoms with Gasteiger partial charge in [-0.25, -0.2) is 4.98 Å². The lowest BCUT2D eigenvalue weighted by Gasteiger charge is -2.32. The Morgan fingerprint density at radius 1 is 1.06 bits per heavy atom. The number of carbonyl (C=O) groups excluding carboxylic acids is 2. The number of hydrogen-bond donors (Lipinski definition) is 0. The van der Waals surface area contributed by atoms with Crippen LogP contribution >= 0.6 is 0 Å². The van der Waals surface area contributed by atoms with E-state index in [9.17, 15) is 14.4 Å². The summed E-state index contributed by atoms with van der Waals surface area (Å²) in [5.74, 6) is 0.111. The van der Waals surface area contributed by atoms with Crippen LogP contribution in [0.2, 0.25) is 0 Å². The molecule has 1 amide bonds. The summed E-state index contributed by atoms with van der Waals surface area (Å²) in [4.78, 5) is 45.6. The average Bonchev–Trinajstić information content (AvgIpc) is 2.81. The Morgan fingerprint density at radius 3 is 2.43 bits per heavy atom. The highest BCUT2D eigenvalue weighted by atomic mass is 16.5. The van der Waals surface area contributed by atoms with Gasteiger partial charge in [0.15, 0.2) is 0 Å². The Kier molecular flexibility index (Phi) is 8.43. The molecule has 35 heavy (non-hydrogen) atoms. The first kappa shape index (κ1) is 26.1. The van der Waals surface area contributed by atoms with Crippen molar-refractivity contribution in [1.82, 2.24) is 14.5 Å². The van der Waals surface area contributed by atoms with Gasteiger partial charge in [-0.05, 0) is 57.4 Å². The average molecular weight is 478 g/mol. The number of amides is 1. The largest absolute Gasteiger partial charge is 0.466 e. The molecule has 0 fully saturated rings. The number of aromatic nitrogens is 2. The van der Waals surface area contributed by atoms with Gasteiger partial charge in [0.25, 0.3) is 5.56 Å². The zero-order valence-electron chi connectivity index (χ0n) is 21.5. The van der Waals surface area contributed by atoms with Crippen LogP contribution in [0, 0.1) is 19.8 Å². The van der Waals surface area contributed by atoms with E-state index >= 15 is 0 Å². The second kappa shape index (κ2) is 11.3. The van der Waals surface area contributed by atoms with Gasteiger partial charge in [0.1, 0.15) is 5.82 Å². The maximum Gasteiger partial charge on any atom is 0.306 e. The molecule has 7 heteroatoms. The molecule has 0 aliphatic heterocycles. The summed E-state index contributed by atoms with van der Waals surface area (Å²) in [6, 6.07) is 12.7. The van der Waals surface area contributed by atoms with Crippen LogP contribution in [0.25, 0.3) is 16.6 Å². The van der Waals surface area contributed by atoms with Crippen LogP contribution in [0.5, 0.6) is 0 Å². The maximum absolute atomic E-state index is 13.8. The lowest BCUT2D eigenvalue weighted by atomic mass is 10.1. The number of ether oxygens (including phenoxy) is 1. The predicted molar refractivity (Wildman–Crippen MR) is 138 cm³/mol. The molecule has 0 saturated carbocycles. The van der Waals surface area contributed by atoms with Crippen molar-refractivity contribution in [3.05, 3.63) is 69.8 Å². The first-order valence-corrected chi connectivity index (χ1v) is 12.2. The fourth-order valence-electron chi connectivity index (χ4n) is 4.31. The minimum Gasteiger partial charge on any atom is -0.466 e. The lowest BCUT2D eigenvalue weighted by molar-refractivity contribution is -0.146. The van der Waals surface area contributed by atoms with E-state index in [4.69, 9.17) is 9.72 Å². The Morgan fingerprint density at radius 2 is 1.77 bits per heavy atom. The second-order valence-corrected chi connectivity index (χ2v) is 9.34. The van der Waals surface area contributed by atoms with E-state index in [2.05, 4.69) is 0 Å². The Hall–Kier alpha value is -3.48. The fraction of sp³-hybridized carbons (Fsp3) is 0.429. The highest BCUT2D eigenvalue weighted by Crippen LogP contribution is 2.26. The first-order chi connectivity index (χ1) is 16.6. The van der Waals surface area contributed by atoms with Crippen molar-refractivity contribution in [1.29, 1.82) is 0 Å². The monoisotopic (exact) mass is 477 g/mol. The van der Waals surface area contributed by atoms with Gasteiger partial charge in [0, 0.05) is 13.0 Å². The number of carbonyl (C=O) groups is 2. The minimum atomic E-state index is -0.495. The van der Waals surface area contributed by atoms with Crippen molar-refractivity contribution in [2.24, 2.45) is 5.92 Å². The summed E-state index contributed by atoms with van der Waals surface area (Å²) in [6.45, 7) is 12.4. The molecular weight excluding hydrogens is 442 g/mol. The number of esters is 1. The van der Waals surface area contributed by atoms with Gasteiger partial charge in [-0.3, -0.25) is 19.0 Å². The number of rotatable bonds is 9. The molecule has 1 heterocycles. The van der Waals surface area contributed by atoms with Crippen molar-refractivity contribution in [3.63, 3.8) is 0 Å². The van der Waals surface area contributed by atoms with Crippen LogP contribution in [-0.2, 0) is 14.3 Å². The SMILES string of the molecule is CCOC(=O)CCC(=O)N(CC(C)C)C(C)c1nc2ccccc2c(=O)n1-c1ccc(C)cc1C. The Bertz CT molecular complexity index is 1280. The third-order valence-corrected chi connectivity index (χ3v) is 5.97. The van der Waals surface area contributed by atoms with Crippen LogP contribution in [0.15, 0.2) is 47.3 Å². The predicted octanol–water partition coefficient (Wildman–Crippen LogP) is 4.89. The van der Waals surface area contributed by atoms with E-state index in [0.717, 1.165) is 16.8 Å². The number of aryl methyl sites for hydroxylation is 2. The van der Waals surface area contributed by atoms with Gasteiger partial charge in [-0.15, -0.1) is 0 Å². The van der Waals surface area contributed by atoms with Crippen LogP contribution in [0.3, 0.4) is 0 Å². The zero-order chi connectivity index (χ0) is 25.7. The van der Waals surface area contributed by atoms with E-state index in [0.29, 0.717) is 23.3 Å². The van der Waals surface area contributed by atoms with Gasteiger partial charge < -0.3 is 9.64 Å². The molecule has 0 spiro atoms. The third-order valence-electron chi connectivity index (χ3n) is 5.97. The van der Waals surface area contributed by atoms with Crippen LogP contribution < -0.4 is 5.56 Å². The van der Waals surface area contributed by atoms with E-state index in [1.165, 1.54) is 0 Å². The molecule has 3 aromatic rings. The zero-order valence-corrected chi connectivity index (χ0v) is 21.5. The molecule has 3 rings (SSSR count). The van der Waals surface area contributed by atoms with Crippen LogP contribution in [-0.4, -0.2) is 39.5 Å². The van der Waals surface area contributed by atoms with Crippen LogP contribution in [0.4, 0.5) is 0 Å². The molecule has 186 valence electrons. The van der Waals surface area contributed by atoms with E-state index in [1.54, 1.807) is 22.5 Å². The van der Waals surface area contributed by atoms with Crippen molar-refractivity contribution < 1.29 is 14.3 Å². The number of benzene rings is 2. The van der Waals surface area contributed by atoms with Gasteiger partial charge >= 0.3 is 5.97 Å². The quantitative estimate of drug-likeness (QED) is 0.410. The standard InChI is InChI=1S/C28H35N3O4/c1-7-35-26(33)15-14-25(32)30(17-18(2)3)21(6)27-29-23-11-9-8-10-22(23)28(34)31(27)24-13-12-19(4)16-20(24)5/h8-13,16,18,21H,7,14-15,17H2,1-6H3. The summed E-state index contributed by atoms with van der Waals surface area (Å²) in [5, 5.41) is 0.521. The summed E-state index contributed by atoms with van der Waals surface area (Å²) in [7, 11) is 0. The van der Waals surface area contributed by atoms with Crippen molar-refractivity contribution in [2.75, 3.05) is 13.2 Å². The molecule has 7 nitrogen and oxygen atoms in total. The maximum atomic E-state index is 13.8. The molecule has 1 aromatic heterocycles. The first-order valence-electron chi connectivity index (χ1n) is 12.2. The Labute approximate surface area is 206 Å². The summed E-state index contributed by atoms with van der Waals surface area (Å²) in [5.41, 5.74) is 3.20. The molecule has 1 unspecified atom stereocenters. The fourth-order valence-corrected chi connectivity index (χ4v) is 4.31. The molecule has 0 N–H and O–H groups in total. The highest BCUT2D eigenvalue weighted by molar-refractivity contribution is 5.82. The normalized spacial score (nSPS) is 12.1. The smallest absolute Gasteiger partial charge is 0.306 e. The van der Waals surface area contributed by atoms with Gasteiger partial charge in [-0.1, -0.05) is 43.7 Å². The number of fused-ring (bicyclic) bond motifs is 1. The van der Waals surface area contributed by atoms with Gasteiger partial charge in [0.2, 0.25) is 5.91 Å². The number of nitrogens with zero attached hydrogens (tertiary/aromatic N) is 3. The van der Waals surface area contributed by atoms with E-state index in [-0.39, 0.29) is 36.8 Å². The molecule has 0 bridgehead atoms. The summed E-state index contributed by atoms with van der Waals surface area (Å²) < 4.78 is 6.63. The second-order valence-electron chi connectivity index (χ2n) is 9.34. The molecule has 0 aliphatic carbocycles. The summed E-state index contributed by atoms with van der Waals surface area (Å²) in [6.07, 6.45) is 0.0558. The highest BCUT2D eigenvalue weighted by Gasteiger charge is 2.28. The molecule has 0 radical (unpaired) electrons. The van der Waals surface area contributed by atoms with Gasteiger partial charge in [-0.2, -0.15) is 0 Å². The lowest BCUT2D eigenvalue weighted by Crippen LogP contribution is -2.39. The minimum absolute atomic E-state index is 0.0169. The van der Waals surface area contributed by atoms with E-state index < -0.39 is 12.0 Å². The number of para-hydroxylation sites is 1. The summed E-state index contributed by atoms with van der Waals surface area (Å²) >= 11 is 0. The van der Waals surface area contributed by atoms with Crippen molar-refractivity contribution >= 4 is 22.8 Å². The van der Waals surface area contributed by atoms with Crippen molar-refractivity contribution in [2.45, 2.75) is 60.4 Å². The van der Waals surface area contributed by atoms with E-state index in [1.807, 2.05) is 71.0 Å². The van der Waals surface area contributed by atoms with Crippen molar-refractivity contribution in [3.8, 4) is 5.69 Å². The topological polar surface area (TPSA) is 81.5 Å².